The van der Waals surface area contributed by atoms with Gasteiger partial charge in [-0.25, -0.2) is 0 Å². The molecule has 3 heteroatoms. The molecule has 0 aliphatic rings. The molecule has 0 aliphatic heterocycles. The standard InChI is InChI=1S/C10H21NO.Dy/c1-6-10(12,8(3)4)9(5)11-7-2;/h8,12H,6-7H2,1-5H3;. The summed E-state index contributed by atoms with van der Waals surface area (Å²) in [6.07, 6.45) is 0.736. The number of hydrogen-bond donors (Lipinski definition) is 1. The molecule has 0 aromatic carbocycles. The van der Waals surface area contributed by atoms with E-state index in [0.29, 0.717) is 0 Å². The molecule has 0 aliphatic carbocycles. The maximum atomic E-state index is 10.2. The molecule has 0 saturated heterocycles. The first-order valence-electron chi connectivity index (χ1n) is 4.72. The van der Waals surface area contributed by atoms with E-state index >= 15 is 0 Å². The van der Waals surface area contributed by atoms with Crippen LogP contribution in [0.25, 0.3) is 0 Å². The van der Waals surface area contributed by atoms with Crippen molar-refractivity contribution in [3.8, 4) is 0 Å². The average Bonchev–Trinajstić information content (AvgIpc) is 2.03. The van der Waals surface area contributed by atoms with Gasteiger partial charge in [0, 0.05) is 50.4 Å². The van der Waals surface area contributed by atoms with Crippen LogP contribution in [0, 0.1) is 44.1 Å². The van der Waals surface area contributed by atoms with E-state index in [4.69, 9.17) is 0 Å². The zero-order valence-electron chi connectivity index (χ0n) is 9.20. The van der Waals surface area contributed by atoms with Crippen molar-refractivity contribution in [3.05, 3.63) is 0 Å². The third kappa shape index (κ3) is 4.29. The van der Waals surface area contributed by atoms with Gasteiger partial charge in [0.25, 0.3) is 0 Å². The number of nitrogens with zero attached hydrogens (tertiary/aromatic N) is 1. The maximum Gasteiger partial charge on any atom is 0.104 e. The zero-order chi connectivity index (χ0) is 9.78. The Hall–Kier alpha value is 0.903. The van der Waals surface area contributed by atoms with E-state index in [0.717, 1.165) is 18.7 Å². The predicted molar refractivity (Wildman–Crippen MR) is 53.7 cm³/mol. The molecule has 0 amide bonds. The molecule has 0 fully saturated rings. The summed E-state index contributed by atoms with van der Waals surface area (Å²) < 4.78 is 0. The van der Waals surface area contributed by atoms with E-state index in [1.165, 1.54) is 0 Å². The molecule has 82 valence electrons. The SMILES string of the molecule is CCN=C(C)C(O)(CC)C(C)C.[Dy]. The number of rotatable bonds is 4. The summed E-state index contributed by atoms with van der Waals surface area (Å²) in [6.45, 7) is 10.7. The fourth-order valence-corrected chi connectivity index (χ4v) is 1.46. The molecule has 0 bridgehead atoms. The Kier molecular flexibility index (Phi) is 9.08. The molecular formula is C10H21DyNO. The molecule has 1 atom stereocenters. The molecule has 1 N–H and O–H groups in total. The molecule has 0 heterocycles. The summed E-state index contributed by atoms with van der Waals surface area (Å²) in [5, 5.41) is 10.2. The Labute approximate surface area is 112 Å². The average molecular weight is 334 g/mol. The van der Waals surface area contributed by atoms with Crippen LogP contribution in [0.4, 0.5) is 0 Å². The van der Waals surface area contributed by atoms with Crippen molar-refractivity contribution in [1.82, 2.24) is 0 Å². The van der Waals surface area contributed by atoms with Gasteiger partial charge in [0.2, 0.25) is 0 Å². The van der Waals surface area contributed by atoms with Gasteiger partial charge in [-0.3, -0.25) is 4.99 Å². The van der Waals surface area contributed by atoms with Crippen molar-refractivity contribution in [1.29, 1.82) is 0 Å². The summed E-state index contributed by atoms with van der Waals surface area (Å²) in [4.78, 5) is 4.26. The van der Waals surface area contributed by atoms with Crippen molar-refractivity contribution < 1.29 is 43.3 Å². The second-order valence-electron chi connectivity index (χ2n) is 3.49. The normalized spacial score (nSPS) is 16.7. The third-order valence-electron chi connectivity index (χ3n) is 2.52. The van der Waals surface area contributed by atoms with Crippen molar-refractivity contribution in [2.75, 3.05) is 6.54 Å². The Morgan fingerprint density at radius 2 is 1.85 bits per heavy atom. The molecule has 2 nitrogen and oxygen atoms in total. The largest absolute Gasteiger partial charge is 0.384 e. The molecule has 0 radical (unpaired) electrons. The van der Waals surface area contributed by atoms with Gasteiger partial charge < -0.3 is 5.11 Å². The third-order valence-corrected chi connectivity index (χ3v) is 2.52. The monoisotopic (exact) mass is 335 g/mol. The van der Waals surface area contributed by atoms with Crippen LogP contribution in [-0.2, 0) is 0 Å². The molecule has 0 aromatic heterocycles. The van der Waals surface area contributed by atoms with Gasteiger partial charge in [-0.05, 0) is 26.2 Å². The molecule has 0 aromatic rings. The van der Waals surface area contributed by atoms with Crippen molar-refractivity contribution in [3.63, 3.8) is 0 Å². The Bertz CT molecular complexity index is 168. The maximum absolute atomic E-state index is 10.2. The molecule has 0 spiro atoms. The Morgan fingerprint density at radius 1 is 1.38 bits per heavy atom. The van der Waals surface area contributed by atoms with E-state index in [1.54, 1.807) is 0 Å². The molecule has 13 heavy (non-hydrogen) atoms. The second kappa shape index (κ2) is 7.23. The fourth-order valence-electron chi connectivity index (χ4n) is 1.46. The van der Waals surface area contributed by atoms with E-state index in [2.05, 4.69) is 4.99 Å². The first-order chi connectivity index (χ1) is 5.49. The Balaban J connectivity index is 0. The summed E-state index contributed by atoms with van der Waals surface area (Å²) in [6, 6.07) is 0. The van der Waals surface area contributed by atoms with Crippen LogP contribution in [0.2, 0.25) is 0 Å². The molecular weight excluding hydrogens is 313 g/mol. The van der Waals surface area contributed by atoms with Crippen molar-refractivity contribution >= 4 is 5.71 Å². The van der Waals surface area contributed by atoms with Crippen LogP contribution in [0.3, 0.4) is 0 Å². The fraction of sp³-hybridized carbons (Fsp3) is 0.900. The van der Waals surface area contributed by atoms with Gasteiger partial charge >= 0.3 is 0 Å². The van der Waals surface area contributed by atoms with Gasteiger partial charge in [0.1, 0.15) is 5.60 Å². The topological polar surface area (TPSA) is 32.6 Å². The Morgan fingerprint density at radius 3 is 2.08 bits per heavy atom. The minimum Gasteiger partial charge on any atom is -0.384 e. The van der Waals surface area contributed by atoms with Crippen LogP contribution in [0.15, 0.2) is 4.99 Å². The number of hydrogen-bond acceptors (Lipinski definition) is 2. The number of aliphatic imine (C=N–C) groups is 1. The van der Waals surface area contributed by atoms with E-state index in [-0.39, 0.29) is 44.1 Å². The summed E-state index contributed by atoms with van der Waals surface area (Å²) in [5.41, 5.74) is 0.165. The van der Waals surface area contributed by atoms with Crippen LogP contribution in [0.1, 0.15) is 41.0 Å². The zero-order valence-corrected chi connectivity index (χ0v) is 11.2. The van der Waals surface area contributed by atoms with Gasteiger partial charge in [-0.1, -0.05) is 20.8 Å². The minimum atomic E-state index is -0.698. The number of aliphatic hydroxyl groups is 1. The van der Waals surface area contributed by atoms with Crippen molar-refractivity contribution in [2.24, 2.45) is 10.9 Å². The van der Waals surface area contributed by atoms with Crippen LogP contribution in [-0.4, -0.2) is 23.0 Å². The van der Waals surface area contributed by atoms with Crippen molar-refractivity contribution in [2.45, 2.75) is 46.6 Å². The summed E-state index contributed by atoms with van der Waals surface area (Å²) in [7, 11) is 0. The van der Waals surface area contributed by atoms with E-state index < -0.39 is 5.60 Å². The smallest absolute Gasteiger partial charge is 0.104 e. The minimum absolute atomic E-state index is 0. The van der Waals surface area contributed by atoms with E-state index in [9.17, 15) is 5.11 Å². The molecule has 1 unspecified atom stereocenters. The van der Waals surface area contributed by atoms with Gasteiger partial charge in [-0.15, -0.1) is 0 Å². The van der Waals surface area contributed by atoms with Gasteiger partial charge in [0.15, 0.2) is 0 Å². The first-order valence-corrected chi connectivity index (χ1v) is 4.72. The second-order valence-corrected chi connectivity index (χ2v) is 3.49. The first kappa shape index (κ1) is 16.3. The quantitative estimate of drug-likeness (QED) is 0.787. The van der Waals surface area contributed by atoms with Crippen LogP contribution >= 0.6 is 0 Å². The molecule has 0 saturated carbocycles. The van der Waals surface area contributed by atoms with E-state index in [1.807, 2.05) is 34.6 Å². The molecule has 0 rings (SSSR count). The summed E-state index contributed by atoms with van der Waals surface area (Å²) >= 11 is 0. The summed E-state index contributed by atoms with van der Waals surface area (Å²) in [5.74, 6) is 0.234. The van der Waals surface area contributed by atoms with Crippen LogP contribution < -0.4 is 0 Å². The van der Waals surface area contributed by atoms with Crippen LogP contribution in [0.5, 0.6) is 0 Å². The van der Waals surface area contributed by atoms with Gasteiger partial charge in [0.05, 0.1) is 0 Å². The van der Waals surface area contributed by atoms with Gasteiger partial charge in [-0.2, -0.15) is 0 Å². The predicted octanol–water partition coefficient (Wildman–Crippen LogP) is 2.26.